The number of carbonyl (C=O) groups is 3. The van der Waals surface area contributed by atoms with Crippen LogP contribution in [0.2, 0.25) is 5.02 Å². The van der Waals surface area contributed by atoms with Crippen LogP contribution in [0.15, 0.2) is 78.9 Å². The van der Waals surface area contributed by atoms with E-state index in [1.807, 2.05) is 0 Å². The third-order valence-corrected chi connectivity index (χ3v) is 4.89. The fraction of sp³-hybridized carbons (Fsp3) is 0.125. The molecule has 0 saturated heterocycles. The number of halogens is 1. The number of nitro groups is 1. The van der Waals surface area contributed by atoms with Gasteiger partial charge in [-0.2, -0.15) is 0 Å². The standard InChI is InChI=1S/C24H19ClN2O6/c25-18-8-10-19(11-9-18)26-21(28)14-15-22(29)33-24(23(30)16-4-2-1-3-5-16)17-6-12-20(13-7-17)27(31)32/h1-13,24H,14-15H2,(H,26,28)/t24-/m1/s1. The molecule has 0 unspecified atom stereocenters. The van der Waals surface area contributed by atoms with Crippen molar-refractivity contribution in [2.75, 3.05) is 5.32 Å². The van der Waals surface area contributed by atoms with E-state index < -0.39 is 28.7 Å². The second-order valence-corrected chi connectivity index (χ2v) is 7.44. The Morgan fingerprint density at radius 2 is 1.55 bits per heavy atom. The summed E-state index contributed by atoms with van der Waals surface area (Å²) in [6.07, 6.45) is -1.72. The van der Waals surface area contributed by atoms with E-state index in [1.54, 1.807) is 54.6 Å². The number of hydrogen-bond donors (Lipinski definition) is 1. The number of carbonyl (C=O) groups excluding carboxylic acids is 3. The number of rotatable bonds is 9. The summed E-state index contributed by atoms with van der Waals surface area (Å²) < 4.78 is 5.41. The monoisotopic (exact) mass is 466 g/mol. The van der Waals surface area contributed by atoms with Crippen LogP contribution in [0, 0.1) is 10.1 Å². The highest BCUT2D eigenvalue weighted by molar-refractivity contribution is 6.30. The van der Waals surface area contributed by atoms with Gasteiger partial charge in [0.2, 0.25) is 11.7 Å². The van der Waals surface area contributed by atoms with Gasteiger partial charge in [0.25, 0.3) is 5.69 Å². The van der Waals surface area contributed by atoms with Crippen molar-refractivity contribution < 1.29 is 24.0 Å². The van der Waals surface area contributed by atoms with Crippen LogP contribution < -0.4 is 5.32 Å². The number of ether oxygens (including phenoxy) is 1. The van der Waals surface area contributed by atoms with Gasteiger partial charge in [0.15, 0.2) is 6.10 Å². The van der Waals surface area contributed by atoms with Crippen molar-refractivity contribution in [3.63, 3.8) is 0 Å². The fourth-order valence-electron chi connectivity index (χ4n) is 2.96. The van der Waals surface area contributed by atoms with Crippen LogP contribution in [0.5, 0.6) is 0 Å². The maximum absolute atomic E-state index is 13.0. The summed E-state index contributed by atoms with van der Waals surface area (Å²) >= 11 is 5.81. The SMILES string of the molecule is O=C(CCC(=O)O[C@@H](C(=O)c1ccccc1)c1ccc([N+](=O)[O-])cc1)Nc1ccc(Cl)cc1. The van der Waals surface area contributed by atoms with Crippen molar-refractivity contribution in [3.05, 3.63) is 105 Å². The number of non-ortho nitro benzene ring substituents is 1. The Morgan fingerprint density at radius 1 is 0.909 bits per heavy atom. The van der Waals surface area contributed by atoms with E-state index in [9.17, 15) is 24.5 Å². The van der Waals surface area contributed by atoms with Crippen LogP contribution in [0.3, 0.4) is 0 Å². The maximum atomic E-state index is 13.0. The Hall–Kier alpha value is -4.04. The van der Waals surface area contributed by atoms with Crippen LogP contribution in [0.1, 0.15) is 34.9 Å². The molecule has 0 radical (unpaired) electrons. The van der Waals surface area contributed by atoms with Gasteiger partial charge in [-0.3, -0.25) is 24.5 Å². The van der Waals surface area contributed by atoms with Crippen LogP contribution >= 0.6 is 11.6 Å². The van der Waals surface area contributed by atoms with Gasteiger partial charge < -0.3 is 10.1 Å². The number of esters is 1. The summed E-state index contributed by atoms with van der Waals surface area (Å²) in [6, 6.07) is 19.9. The quantitative estimate of drug-likeness (QED) is 0.202. The number of anilines is 1. The molecule has 0 saturated carbocycles. The highest BCUT2D eigenvalue weighted by Crippen LogP contribution is 2.25. The van der Waals surface area contributed by atoms with Gasteiger partial charge in [-0.05, 0) is 36.4 Å². The first-order valence-electron chi connectivity index (χ1n) is 9.92. The number of nitrogens with zero attached hydrogens (tertiary/aromatic N) is 1. The molecule has 3 aromatic rings. The summed E-state index contributed by atoms with van der Waals surface area (Å²) in [6.45, 7) is 0. The van der Waals surface area contributed by atoms with Crippen molar-refractivity contribution in [1.82, 2.24) is 0 Å². The van der Waals surface area contributed by atoms with Gasteiger partial charge in [-0.1, -0.05) is 41.9 Å². The minimum atomic E-state index is -1.31. The molecule has 0 aromatic heterocycles. The van der Waals surface area contributed by atoms with Gasteiger partial charge in [0.05, 0.1) is 11.3 Å². The number of nitro benzene ring substituents is 1. The minimum absolute atomic E-state index is 0.158. The Labute approximate surface area is 194 Å². The molecule has 168 valence electrons. The lowest BCUT2D eigenvalue weighted by Crippen LogP contribution is -2.21. The molecule has 9 heteroatoms. The Bertz CT molecular complexity index is 1150. The average molecular weight is 467 g/mol. The smallest absolute Gasteiger partial charge is 0.307 e. The first-order chi connectivity index (χ1) is 15.8. The zero-order chi connectivity index (χ0) is 23.8. The minimum Gasteiger partial charge on any atom is -0.449 e. The Balaban J connectivity index is 1.69. The molecule has 0 heterocycles. The van der Waals surface area contributed by atoms with E-state index >= 15 is 0 Å². The molecule has 0 aliphatic heterocycles. The number of ketones is 1. The summed E-state index contributed by atoms with van der Waals surface area (Å²) in [5.41, 5.74) is 0.971. The lowest BCUT2D eigenvalue weighted by Gasteiger charge is -2.17. The van der Waals surface area contributed by atoms with Crippen LogP contribution in [-0.4, -0.2) is 22.6 Å². The average Bonchev–Trinajstić information content (AvgIpc) is 2.83. The van der Waals surface area contributed by atoms with Crippen molar-refractivity contribution >= 4 is 40.6 Å². The third kappa shape index (κ3) is 6.72. The molecule has 33 heavy (non-hydrogen) atoms. The third-order valence-electron chi connectivity index (χ3n) is 4.64. The summed E-state index contributed by atoms with van der Waals surface area (Å²) in [5.74, 6) is -1.65. The molecule has 1 amide bonds. The Kier molecular flexibility index (Phi) is 7.88. The lowest BCUT2D eigenvalue weighted by molar-refractivity contribution is -0.384. The first kappa shape index (κ1) is 23.6. The zero-order valence-corrected chi connectivity index (χ0v) is 18.0. The molecule has 0 aliphatic carbocycles. The first-order valence-corrected chi connectivity index (χ1v) is 10.3. The van der Waals surface area contributed by atoms with Gasteiger partial charge in [0.1, 0.15) is 0 Å². The fourth-order valence-corrected chi connectivity index (χ4v) is 3.09. The second-order valence-electron chi connectivity index (χ2n) is 7.00. The van der Waals surface area contributed by atoms with Crippen LogP contribution in [0.4, 0.5) is 11.4 Å². The molecule has 1 N–H and O–H groups in total. The predicted molar refractivity (Wildman–Crippen MR) is 122 cm³/mol. The molecule has 3 aromatic carbocycles. The summed E-state index contributed by atoms with van der Waals surface area (Å²) in [4.78, 5) is 48.0. The molecule has 0 aliphatic rings. The van der Waals surface area contributed by atoms with Crippen molar-refractivity contribution in [2.45, 2.75) is 18.9 Å². The van der Waals surface area contributed by atoms with Crippen LogP contribution in [-0.2, 0) is 14.3 Å². The van der Waals surface area contributed by atoms with E-state index in [4.69, 9.17) is 16.3 Å². The number of benzene rings is 3. The molecular weight excluding hydrogens is 448 g/mol. The summed E-state index contributed by atoms with van der Waals surface area (Å²) in [5, 5.41) is 14.1. The second kappa shape index (κ2) is 11.0. The largest absolute Gasteiger partial charge is 0.449 e. The lowest BCUT2D eigenvalue weighted by atomic mass is 9.99. The van der Waals surface area contributed by atoms with E-state index in [2.05, 4.69) is 5.32 Å². The van der Waals surface area contributed by atoms with Crippen molar-refractivity contribution in [1.29, 1.82) is 0 Å². The van der Waals surface area contributed by atoms with Gasteiger partial charge in [-0.15, -0.1) is 0 Å². The van der Waals surface area contributed by atoms with Crippen molar-refractivity contribution in [3.8, 4) is 0 Å². The molecular formula is C24H19ClN2O6. The number of Topliss-reactive ketones (excluding diaryl/α,β-unsaturated/α-hetero) is 1. The zero-order valence-electron chi connectivity index (χ0n) is 17.3. The molecule has 3 rings (SSSR count). The van der Waals surface area contributed by atoms with Gasteiger partial charge in [-0.25, -0.2) is 0 Å². The maximum Gasteiger partial charge on any atom is 0.307 e. The van der Waals surface area contributed by atoms with E-state index in [0.29, 0.717) is 16.3 Å². The Morgan fingerprint density at radius 3 is 2.15 bits per heavy atom. The van der Waals surface area contributed by atoms with Crippen molar-refractivity contribution in [2.24, 2.45) is 0 Å². The molecule has 0 spiro atoms. The number of amides is 1. The van der Waals surface area contributed by atoms with Crippen LogP contribution in [0.25, 0.3) is 0 Å². The normalized spacial score (nSPS) is 11.3. The van der Waals surface area contributed by atoms with Gasteiger partial charge >= 0.3 is 5.97 Å². The topological polar surface area (TPSA) is 116 Å². The molecule has 0 bridgehead atoms. The van der Waals surface area contributed by atoms with E-state index in [1.165, 1.54) is 24.3 Å². The highest BCUT2D eigenvalue weighted by Gasteiger charge is 2.27. The van der Waals surface area contributed by atoms with E-state index in [-0.39, 0.29) is 24.1 Å². The molecule has 8 nitrogen and oxygen atoms in total. The highest BCUT2D eigenvalue weighted by atomic mass is 35.5. The molecule has 1 atom stereocenters. The number of hydrogen-bond acceptors (Lipinski definition) is 6. The number of nitrogens with one attached hydrogen (secondary N) is 1. The summed E-state index contributed by atoms with van der Waals surface area (Å²) in [7, 11) is 0. The predicted octanol–water partition coefficient (Wildman–Crippen LogP) is 5.13. The van der Waals surface area contributed by atoms with Gasteiger partial charge in [0, 0.05) is 40.4 Å². The van der Waals surface area contributed by atoms with E-state index in [0.717, 1.165) is 0 Å². The molecule has 0 fully saturated rings.